The number of esters is 1. The molecule has 1 amide bonds. The van der Waals surface area contributed by atoms with Crippen molar-refractivity contribution in [2.24, 2.45) is 13.0 Å². The van der Waals surface area contributed by atoms with Gasteiger partial charge >= 0.3 is 17.8 Å². The van der Waals surface area contributed by atoms with Crippen molar-refractivity contribution in [1.82, 2.24) is 29.0 Å². The molecule has 2 N–H and O–H groups in total. The van der Waals surface area contributed by atoms with Crippen LogP contribution in [0.25, 0.3) is 11.2 Å². The van der Waals surface area contributed by atoms with E-state index in [2.05, 4.69) is 25.3 Å². The van der Waals surface area contributed by atoms with Gasteiger partial charge < -0.3 is 24.7 Å². The minimum atomic E-state index is -5.57. The molecule has 2 aliphatic rings. The summed E-state index contributed by atoms with van der Waals surface area (Å²) in [6.45, 7) is 1.83. The Hall–Kier alpha value is -4.35. The number of benzene rings is 1. The molecule has 5 heterocycles. The first-order valence-electron chi connectivity index (χ1n) is 13.5. The van der Waals surface area contributed by atoms with E-state index in [0.717, 1.165) is 17.5 Å². The molecule has 6 rings (SSSR count). The minimum absolute atomic E-state index is 0.0137. The van der Waals surface area contributed by atoms with Crippen LogP contribution in [0.15, 0.2) is 44.7 Å². The smallest absolute Gasteiger partial charge is 0.447 e. The standard InChI is InChI=1S/C26H23Cl2F3N8O6/c1-36-19-18(38(11-17-33-5-7-44-17)24(35-19)37-6-4-12-9-32-10-16(12)37)21(41)39(25(36)43)22(45-23(42)26(29,30)31)20(40)34-15-3-2-13(27)8-14(15)28/h2-3,5,7-8,12,16,22,32H,4,6,9-11H2,1H3,(H,34,40). The van der Waals surface area contributed by atoms with E-state index in [4.69, 9.17) is 27.6 Å². The fourth-order valence-corrected chi connectivity index (χ4v) is 6.10. The monoisotopic (exact) mass is 670 g/mol. The highest BCUT2D eigenvalue weighted by Gasteiger charge is 2.45. The Morgan fingerprint density at radius 3 is 2.71 bits per heavy atom. The third-order valence-electron chi connectivity index (χ3n) is 7.74. The molecule has 0 aliphatic carbocycles. The predicted molar refractivity (Wildman–Crippen MR) is 153 cm³/mol. The number of alkyl halides is 3. The van der Waals surface area contributed by atoms with Crippen LogP contribution in [0.4, 0.5) is 24.8 Å². The van der Waals surface area contributed by atoms with Crippen LogP contribution in [-0.2, 0) is 27.9 Å². The number of fused-ring (bicyclic) bond motifs is 2. The molecule has 2 aliphatic heterocycles. The molecule has 3 aromatic heterocycles. The number of aromatic nitrogens is 5. The number of carbonyl (C=O) groups is 2. The van der Waals surface area contributed by atoms with E-state index in [1.807, 2.05) is 4.90 Å². The second kappa shape index (κ2) is 11.5. The van der Waals surface area contributed by atoms with Gasteiger partial charge in [-0.25, -0.2) is 19.1 Å². The number of aryl methyl sites for hydroxylation is 1. The Bertz CT molecular complexity index is 1920. The summed E-state index contributed by atoms with van der Waals surface area (Å²) in [4.78, 5) is 63.9. The van der Waals surface area contributed by atoms with Gasteiger partial charge in [-0.1, -0.05) is 23.2 Å². The van der Waals surface area contributed by atoms with E-state index in [0.29, 0.717) is 19.0 Å². The van der Waals surface area contributed by atoms with Gasteiger partial charge in [0.15, 0.2) is 11.2 Å². The molecule has 45 heavy (non-hydrogen) atoms. The van der Waals surface area contributed by atoms with Gasteiger partial charge in [-0.15, -0.1) is 0 Å². The molecule has 0 saturated carbocycles. The molecule has 4 aromatic rings. The van der Waals surface area contributed by atoms with Crippen LogP contribution >= 0.6 is 23.2 Å². The third kappa shape index (κ3) is 5.55. The summed E-state index contributed by atoms with van der Waals surface area (Å²) in [7, 11) is 1.22. The van der Waals surface area contributed by atoms with Gasteiger partial charge in [-0.2, -0.15) is 18.2 Å². The average molecular weight is 671 g/mol. The number of hydrogen-bond acceptors (Lipinski definition) is 10. The first kappa shape index (κ1) is 30.7. The molecular weight excluding hydrogens is 648 g/mol. The zero-order chi connectivity index (χ0) is 32.2. The van der Waals surface area contributed by atoms with Crippen molar-refractivity contribution in [3.05, 3.63) is 67.4 Å². The summed E-state index contributed by atoms with van der Waals surface area (Å²) in [5.74, 6) is -3.55. The fourth-order valence-electron chi connectivity index (χ4n) is 5.64. The molecule has 3 unspecified atom stereocenters. The van der Waals surface area contributed by atoms with Crippen LogP contribution < -0.4 is 26.8 Å². The number of amides is 1. The lowest BCUT2D eigenvalue weighted by atomic mass is 10.1. The number of imidazole rings is 1. The van der Waals surface area contributed by atoms with Gasteiger partial charge in [-0.3, -0.25) is 18.7 Å². The summed E-state index contributed by atoms with van der Waals surface area (Å²) in [5.41, 5.74) is -3.07. The summed E-state index contributed by atoms with van der Waals surface area (Å²) >= 11 is 12.0. The minimum Gasteiger partial charge on any atom is -0.447 e. The SMILES string of the molecule is Cn1c(=O)n(C(OC(=O)C(F)(F)F)C(=O)Nc2ccc(Cl)cc2Cl)c(=O)c2c1nc(N1CCC3CNCC31)n2Cc1ncco1. The van der Waals surface area contributed by atoms with Crippen molar-refractivity contribution in [3.63, 3.8) is 0 Å². The zero-order valence-electron chi connectivity index (χ0n) is 23.2. The molecule has 2 saturated heterocycles. The maximum absolute atomic E-state index is 14.2. The molecular formula is C26H23Cl2F3N8O6. The normalized spacial score (nSPS) is 18.8. The van der Waals surface area contributed by atoms with E-state index in [-0.39, 0.29) is 55.9 Å². The van der Waals surface area contributed by atoms with Crippen LogP contribution in [-0.4, -0.2) is 67.4 Å². The van der Waals surface area contributed by atoms with Crippen molar-refractivity contribution < 1.29 is 31.9 Å². The maximum atomic E-state index is 14.2. The van der Waals surface area contributed by atoms with E-state index >= 15 is 0 Å². The van der Waals surface area contributed by atoms with Gasteiger partial charge in [0.2, 0.25) is 11.8 Å². The van der Waals surface area contributed by atoms with Crippen LogP contribution in [0.2, 0.25) is 10.0 Å². The second-order valence-corrected chi connectivity index (χ2v) is 11.3. The van der Waals surface area contributed by atoms with Crippen molar-refractivity contribution in [3.8, 4) is 0 Å². The summed E-state index contributed by atoms with van der Waals surface area (Å²) in [5, 5.41) is 5.58. The highest BCUT2D eigenvalue weighted by Crippen LogP contribution is 2.33. The van der Waals surface area contributed by atoms with Gasteiger partial charge in [-0.05, 0) is 30.5 Å². The van der Waals surface area contributed by atoms with Crippen LogP contribution in [0.1, 0.15) is 18.5 Å². The molecule has 2 fully saturated rings. The van der Waals surface area contributed by atoms with Crippen molar-refractivity contribution in [2.45, 2.75) is 31.4 Å². The van der Waals surface area contributed by atoms with E-state index in [1.54, 1.807) is 0 Å². The van der Waals surface area contributed by atoms with E-state index < -0.39 is 35.5 Å². The Kier molecular flexibility index (Phi) is 7.86. The number of nitrogens with zero attached hydrogens (tertiary/aromatic N) is 6. The summed E-state index contributed by atoms with van der Waals surface area (Å²) in [6, 6.07) is 3.80. The molecule has 3 atom stereocenters. The number of nitrogens with one attached hydrogen (secondary N) is 2. The highest BCUT2D eigenvalue weighted by molar-refractivity contribution is 6.36. The lowest BCUT2D eigenvalue weighted by molar-refractivity contribution is -0.209. The number of hydrogen-bond donors (Lipinski definition) is 2. The number of ether oxygens (including phenoxy) is 1. The summed E-state index contributed by atoms with van der Waals surface area (Å²) < 4.78 is 52.4. The highest BCUT2D eigenvalue weighted by atomic mass is 35.5. The number of halogens is 5. The lowest BCUT2D eigenvalue weighted by Crippen LogP contribution is -2.48. The fraction of sp³-hybridized carbons (Fsp3) is 0.385. The Labute approximate surface area is 260 Å². The van der Waals surface area contributed by atoms with Crippen molar-refractivity contribution in [2.75, 3.05) is 29.9 Å². The number of oxazole rings is 1. The van der Waals surface area contributed by atoms with Crippen LogP contribution in [0, 0.1) is 5.92 Å². The summed E-state index contributed by atoms with van der Waals surface area (Å²) in [6.07, 6.45) is -4.77. The van der Waals surface area contributed by atoms with Gasteiger partial charge in [0, 0.05) is 37.7 Å². The number of rotatable bonds is 7. The van der Waals surface area contributed by atoms with Crippen molar-refractivity contribution >= 4 is 57.9 Å². The topological polar surface area (TPSA) is 159 Å². The lowest BCUT2D eigenvalue weighted by Gasteiger charge is -2.25. The first-order valence-corrected chi connectivity index (χ1v) is 14.2. The maximum Gasteiger partial charge on any atom is 0.491 e. The Morgan fingerprint density at radius 2 is 2.02 bits per heavy atom. The van der Waals surface area contributed by atoms with Gasteiger partial charge in [0.1, 0.15) is 12.8 Å². The molecule has 0 spiro atoms. The average Bonchev–Trinajstić information content (AvgIpc) is 3.78. The van der Waals surface area contributed by atoms with Gasteiger partial charge in [0.05, 0.1) is 16.9 Å². The van der Waals surface area contributed by atoms with Crippen molar-refractivity contribution in [1.29, 1.82) is 0 Å². The van der Waals surface area contributed by atoms with Crippen LogP contribution in [0.3, 0.4) is 0 Å². The zero-order valence-corrected chi connectivity index (χ0v) is 24.7. The number of anilines is 2. The van der Waals surface area contributed by atoms with Crippen LogP contribution in [0.5, 0.6) is 0 Å². The molecule has 1 aromatic carbocycles. The molecule has 238 valence electrons. The Morgan fingerprint density at radius 1 is 1.24 bits per heavy atom. The molecule has 0 bridgehead atoms. The largest absolute Gasteiger partial charge is 0.491 e. The van der Waals surface area contributed by atoms with E-state index in [1.165, 1.54) is 42.3 Å². The first-order chi connectivity index (χ1) is 21.3. The van der Waals surface area contributed by atoms with Gasteiger partial charge in [0.25, 0.3) is 17.7 Å². The second-order valence-electron chi connectivity index (χ2n) is 10.4. The third-order valence-corrected chi connectivity index (χ3v) is 8.29. The number of carbonyl (C=O) groups excluding carboxylic acids is 2. The molecule has 14 nitrogen and oxygen atoms in total. The quantitative estimate of drug-likeness (QED) is 0.280. The predicted octanol–water partition coefficient (Wildman–Crippen LogP) is 2.28. The van der Waals surface area contributed by atoms with E-state index in [9.17, 15) is 32.3 Å². The molecule has 0 radical (unpaired) electrons. The Balaban J connectivity index is 1.54. The molecule has 19 heteroatoms.